The van der Waals surface area contributed by atoms with Gasteiger partial charge in [-0.15, -0.1) is 59.2 Å². The molecule has 0 spiro atoms. The van der Waals surface area contributed by atoms with Crippen LogP contribution in [0.4, 0.5) is 0 Å². The number of hydrogen-bond donors (Lipinski definition) is 0. The van der Waals surface area contributed by atoms with E-state index < -0.39 is 19.9 Å². The molecule has 0 aliphatic rings. The number of hydrogen-bond acceptors (Lipinski definition) is 3. The third kappa shape index (κ3) is 7.88. The standard InChI is InChI=1S/C32H28NS.C17H22NSi.Ir/c1-19(2)21-14-15-33-28(17-21)24-12-13-27(32(3,4)5)30-26-16-22-11-10-20-8-6-7-9-23(20)25(22)18-29(26)34-31(24)30;1-13(2)15-11-16(14-9-7-6-8-10-14)18-12-17(15)19(3,4)5;/h6-11,13-19H,1-5H3;6-9,11-13H,1-5H3;/q2*-1;/i19D;13D;. The summed E-state index contributed by atoms with van der Waals surface area (Å²) in [5, 5.41) is 8.99. The molecule has 0 fully saturated rings. The molecule has 3 heterocycles. The summed E-state index contributed by atoms with van der Waals surface area (Å²) in [4.78, 5) is 9.33. The molecule has 0 aliphatic heterocycles. The maximum atomic E-state index is 8.51. The molecular formula is C49H50IrN2SSi-2. The van der Waals surface area contributed by atoms with Crippen molar-refractivity contribution in [2.45, 2.75) is 85.3 Å². The molecule has 0 aliphatic carbocycles. The minimum atomic E-state index is -1.50. The second-order valence-electron chi connectivity index (χ2n) is 16.6. The summed E-state index contributed by atoms with van der Waals surface area (Å²) in [6, 6.07) is 40.7. The minimum absolute atomic E-state index is 0. The Hall–Kier alpha value is -3.99. The van der Waals surface area contributed by atoms with Gasteiger partial charge in [-0.05, 0) is 83.6 Å². The molecule has 1 radical (unpaired) electrons. The molecule has 0 amide bonds. The summed E-state index contributed by atoms with van der Waals surface area (Å²) in [7, 11) is -1.50. The monoisotopic (exact) mass is 921 g/mol. The van der Waals surface area contributed by atoms with Gasteiger partial charge in [0.1, 0.15) is 0 Å². The topological polar surface area (TPSA) is 25.8 Å². The number of nitrogens with zero attached hydrogens (tertiary/aromatic N) is 2. The first-order valence-corrected chi connectivity index (χ1v) is 22.8. The molecule has 0 saturated carbocycles. The Labute approximate surface area is 343 Å². The van der Waals surface area contributed by atoms with Crippen molar-refractivity contribution < 1.29 is 22.8 Å². The second kappa shape index (κ2) is 15.6. The Morgan fingerprint density at radius 2 is 1.48 bits per heavy atom. The second-order valence-corrected chi connectivity index (χ2v) is 22.7. The van der Waals surface area contributed by atoms with Gasteiger partial charge >= 0.3 is 0 Å². The molecule has 5 aromatic carbocycles. The van der Waals surface area contributed by atoms with Gasteiger partial charge in [0.25, 0.3) is 0 Å². The molecule has 277 valence electrons. The number of thiophene rings is 1. The fourth-order valence-corrected chi connectivity index (χ4v) is 9.99. The van der Waals surface area contributed by atoms with Crippen LogP contribution >= 0.6 is 11.3 Å². The molecular weight excluding hydrogens is 869 g/mol. The Kier molecular flexibility index (Phi) is 10.7. The molecule has 0 bridgehead atoms. The van der Waals surface area contributed by atoms with Crippen LogP contribution in [0.15, 0.2) is 109 Å². The van der Waals surface area contributed by atoms with Crippen molar-refractivity contribution in [3.05, 3.63) is 138 Å². The first-order chi connectivity index (χ1) is 25.8. The summed E-state index contributed by atoms with van der Waals surface area (Å²) in [5.41, 5.74) is 7.14. The Morgan fingerprint density at radius 3 is 2.17 bits per heavy atom. The molecule has 0 N–H and O–H groups in total. The molecule has 54 heavy (non-hydrogen) atoms. The SMILES string of the molecule is [2H]C(C)(C)c1cc(-c2[c-]cccc2)ncc1[Si](C)(C)C.[2H]C(C)(C)c1ccnc(-c2[c-]cc(C(C)(C)C)c3c2sc2cc4c(ccc5ccccc54)cc23)c1.[Ir]. The van der Waals surface area contributed by atoms with Crippen molar-refractivity contribution in [1.82, 2.24) is 9.97 Å². The van der Waals surface area contributed by atoms with E-state index in [-0.39, 0.29) is 25.5 Å². The van der Waals surface area contributed by atoms with E-state index in [0.29, 0.717) is 0 Å². The average molecular weight is 921 g/mol. The van der Waals surface area contributed by atoms with Gasteiger partial charge in [0.2, 0.25) is 0 Å². The predicted molar refractivity (Wildman–Crippen MR) is 235 cm³/mol. The fourth-order valence-electron chi connectivity index (χ4n) is 7.15. The van der Waals surface area contributed by atoms with Crippen molar-refractivity contribution in [3.63, 3.8) is 0 Å². The molecule has 0 unspecified atom stereocenters. The molecule has 0 saturated heterocycles. The van der Waals surface area contributed by atoms with Crippen molar-refractivity contribution >= 4 is 66.3 Å². The fraction of sp³-hybridized carbons (Fsp3) is 0.265. The van der Waals surface area contributed by atoms with Gasteiger partial charge in [-0.25, -0.2) is 0 Å². The largest absolute Gasteiger partial charge is 0.305 e. The van der Waals surface area contributed by atoms with Crippen molar-refractivity contribution in [2.75, 3.05) is 0 Å². The Balaban J connectivity index is 0.000000217. The molecule has 3 aromatic heterocycles. The van der Waals surface area contributed by atoms with Crippen LogP contribution in [0.2, 0.25) is 19.6 Å². The van der Waals surface area contributed by atoms with E-state index in [1.165, 1.54) is 52.5 Å². The van der Waals surface area contributed by atoms with Crippen LogP contribution in [0.1, 0.15) is 79.7 Å². The average Bonchev–Trinajstić information content (AvgIpc) is 3.51. The molecule has 8 rings (SSSR count). The quantitative estimate of drug-likeness (QED) is 0.0976. The maximum absolute atomic E-state index is 8.51. The summed E-state index contributed by atoms with van der Waals surface area (Å²) >= 11 is 1.83. The zero-order valence-corrected chi connectivity index (χ0v) is 37.2. The first-order valence-electron chi connectivity index (χ1n) is 19.5. The molecule has 8 aromatic rings. The molecule has 2 nitrogen and oxygen atoms in total. The van der Waals surface area contributed by atoms with Crippen LogP contribution in [0.3, 0.4) is 0 Å². The van der Waals surface area contributed by atoms with E-state index in [0.717, 1.165) is 33.6 Å². The van der Waals surface area contributed by atoms with Gasteiger partial charge in [-0.2, -0.15) is 11.3 Å². The summed E-state index contributed by atoms with van der Waals surface area (Å²) in [6.45, 7) is 21.5. The number of rotatable bonds is 5. The smallest absolute Gasteiger partial charge is 0.0799 e. The summed E-state index contributed by atoms with van der Waals surface area (Å²) < 4.78 is 19.5. The number of benzene rings is 5. The Bertz CT molecular complexity index is 2700. The van der Waals surface area contributed by atoms with E-state index >= 15 is 0 Å². The van der Waals surface area contributed by atoms with E-state index in [2.05, 4.69) is 124 Å². The first kappa shape index (κ1) is 37.0. The summed E-state index contributed by atoms with van der Waals surface area (Å²) in [6.07, 6.45) is 3.81. The molecule has 5 heteroatoms. The number of pyridine rings is 2. The van der Waals surface area contributed by atoms with E-state index in [4.69, 9.17) is 7.73 Å². The number of fused-ring (bicyclic) bond motifs is 6. The van der Waals surface area contributed by atoms with Crippen LogP contribution in [0.5, 0.6) is 0 Å². The zero-order valence-electron chi connectivity index (χ0n) is 35.0. The van der Waals surface area contributed by atoms with E-state index in [9.17, 15) is 0 Å². The van der Waals surface area contributed by atoms with Gasteiger partial charge in [0.15, 0.2) is 0 Å². The van der Waals surface area contributed by atoms with E-state index in [1.54, 1.807) is 0 Å². The zero-order chi connectivity index (χ0) is 39.5. The van der Waals surface area contributed by atoms with Crippen LogP contribution in [0, 0.1) is 12.1 Å². The van der Waals surface area contributed by atoms with Gasteiger partial charge in [-0.3, -0.25) is 0 Å². The number of aromatic nitrogens is 2. The van der Waals surface area contributed by atoms with Crippen LogP contribution < -0.4 is 5.19 Å². The van der Waals surface area contributed by atoms with Crippen molar-refractivity contribution in [1.29, 1.82) is 0 Å². The summed E-state index contributed by atoms with van der Waals surface area (Å²) in [5.74, 6) is -1.29. The minimum Gasteiger partial charge on any atom is -0.305 e. The van der Waals surface area contributed by atoms with Crippen LogP contribution in [-0.4, -0.2) is 18.0 Å². The third-order valence-corrected chi connectivity index (χ3v) is 13.2. The molecule has 0 atom stereocenters. The Morgan fingerprint density at radius 1 is 0.741 bits per heavy atom. The predicted octanol–water partition coefficient (Wildman–Crippen LogP) is 13.9. The van der Waals surface area contributed by atoms with Crippen molar-refractivity contribution in [2.24, 2.45) is 0 Å². The third-order valence-electron chi connectivity index (χ3n) is 10.0. The van der Waals surface area contributed by atoms with Gasteiger partial charge in [0.05, 0.1) is 8.07 Å². The van der Waals surface area contributed by atoms with Crippen molar-refractivity contribution in [3.8, 4) is 22.5 Å². The van der Waals surface area contributed by atoms with Gasteiger partial charge < -0.3 is 9.97 Å². The van der Waals surface area contributed by atoms with Gasteiger partial charge in [0, 0.05) is 39.9 Å². The van der Waals surface area contributed by atoms with Gasteiger partial charge in [-0.1, -0.05) is 133 Å². The van der Waals surface area contributed by atoms with E-state index in [1.807, 2.05) is 81.8 Å². The maximum Gasteiger partial charge on any atom is 0.0799 e. The van der Waals surface area contributed by atoms with Crippen LogP contribution in [0.25, 0.3) is 64.2 Å². The van der Waals surface area contributed by atoms with Crippen LogP contribution in [-0.2, 0) is 25.5 Å². The normalized spacial score (nSPS) is 13.0.